The van der Waals surface area contributed by atoms with Crippen LogP contribution >= 0.6 is 12.4 Å². The molecule has 1 nitrogen and oxygen atoms in total. The summed E-state index contributed by atoms with van der Waals surface area (Å²) < 4.78 is 0. The minimum Gasteiger partial charge on any atom is -0.396 e. The van der Waals surface area contributed by atoms with Gasteiger partial charge < -0.3 is 5.11 Å². The summed E-state index contributed by atoms with van der Waals surface area (Å²) in [5.74, 6) is 0.560. The van der Waals surface area contributed by atoms with Gasteiger partial charge in [-0.25, -0.2) is 0 Å². The van der Waals surface area contributed by atoms with E-state index >= 15 is 0 Å². The van der Waals surface area contributed by atoms with Crippen molar-refractivity contribution >= 4 is 35.5 Å². The number of aliphatic hydroxyl groups is 1. The Morgan fingerprint density at radius 2 is 1.82 bits per heavy atom. The van der Waals surface area contributed by atoms with Crippen LogP contribution in [0.3, 0.4) is 0 Å². The van der Waals surface area contributed by atoms with Crippen molar-refractivity contribution < 1.29 is 5.11 Å². The average Bonchev–Trinajstić information content (AvgIpc) is 1.91. The Morgan fingerprint density at radius 3 is 2.09 bits per heavy atom. The highest BCUT2D eigenvalue weighted by Crippen LogP contribution is 2.10. The quantitative estimate of drug-likeness (QED) is 0.658. The third-order valence-corrected chi connectivity index (χ3v) is 1.80. The smallest absolute Gasteiger partial charge is 0.316 e. The van der Waals surface area contributed by atoms with Crippen LogP contribution < -0.4 is 0 Å². The number of hydrogen-bond acceptors (Lipinski definition) is 1. The highest BCUT2D eigenvalue weighted by molar-refractivity contribution is 5.85. The molecule has 1 N–H and O–H groups in total. The molecule has 0 radical (unpaired) electrons. The maximum Gasteiger partial charge on any atom is 0.316 e. The van der Waals surface area contributed by atoms with Crippen LogP contribution in [0.15, 0.2) is 0 Å². The molecule has 0 amide bonds. The monoisotopic (exact) mass is 192 g/mol. The van der Waals surface area contributed by atoms with Gasteiger partial charge >= 0.3 is 23.1 Å². The second-order valence-electron chi connectivity index (χ2n) is 2.60. The predicted octanol–water partition coefficient (Wildman–Crippen LogP) is 1.70. The molecule has 0 saturated carbocycles. The Balaban J connectivity index is -0.000000320. The molecule has 0 aromatic heterocycles. The standard InChI is InChI=1S/C8H18O.ClH.Mg.2H/c1-3-5-6-8(4-2)7-9;;;;/h8-9H,3-7H2,1-2H3;1H;;;. The van der Waals surface area contributed by atoms with Crippen molar-refractivity contribution in [2.75, 3.05) is 6.61 Å². The molecule has 0 aromatic rings. The average molecular weight is 193 g/mol. The van der Waals surface area contributed by atoms with Crippen LogP contribution in [0.4, 0.5) is 0 Å². The maximum absolute atomic E-state index is 8.75. The summed E-state index contributed by atoms with van der Waals surface area (Å²) in [5, 5.41) is 8.75. The molecule has 0 rings (SSSR count). The predicted molar refractivity (Wildman–Crippen MR) is 56.2 cm³/mol. The van der Waals surface area contributed by atoms with E-state index in [-0.39, 0.29) is 35.5 Å². The Bertz CT molecular complexity index is 58.1. The zero-order chi connectivity index (χ0) is 7.11. The van der Waals surface area contributed by atoms with Crippen LogP contribution in [-0.2, 0) is 0 Å². The number of halogens is 1. The summed E-state index contributed by atoms with van der Waals surface area (Å²) in [6, 6.07) is 0. The lowest BCUT2D eigenvalue weighted by atomic mass is 10.0. The fraction of sp³-hybridized carbons (Fsp3) is 1.00. The summed E-state index contributed by atoms with van der Waals surface area (Å²) in [6.07, 6.45) is 4.83. The molecular weight excluding hydrogens is 172 g/mol. The van der Waals surface area contributed by atoms with E-state index in [0.29, 0.717) is 12.5 Å². The second kappa shape index (κ2) is 13.6. The first-order valence-corrected chi connectivity index (χ1v) is 3.96. The van der Waals surface area contributed by atoms with Crippen LogP contribution in [-0.4, -0.2) is 34.8 Å². The largest absolute Gasteiger partial charge is 0.396 e. The molecule has 0 bridgehead atoms. The van der Waals surface area contributed by atoms with Gasteiger partial charge in [-0.05, 0) is 12.3 Å². The number of hydrogen-bond donors (Lipinski definition) is 1. The van der Waals surface area contributed by atoms with Crippen molar-refractivity contribution in [2.45, 2.75) is 39.5 Å². The van der Waals surface area contributed by atoms with E-state index in [1.54, 1.807) is 0 Å². The SMILES string of the molecule is CCCCC(CC)CO.Cl.[MgH2]. The van der Waals surface area contributed by atoms with Crippen molar-refractivity contribution in [1.82, 2.24) is 0 Å². The third kappa shape index (κ3) is 11.0. The highest BCUT2D eigenvalue weighted by atomic mass is 35.5. The molecule has 0 heterocycles. The van der Waals surface area contributed by atoms with E-state index in [2.05, 4.69) is 13.8 Å². The molecule has 0 spiro atoms. The lowest BCUT2D eigenvalue weighted by Gasteiger charge is -2.08. The topological polar surface area (TPSA) is 20.2 Å². The minimum atomic E-state index is 0. The Kier molecular flexibility index (Phi) is 22.2. The van der Waals surface area contributed by atoms with Gasteiger partial charge in [0.15, 0.2) is 0 Å². The van der Waals surface area contributed by atoms with Gasteiger partial charge in [-0.3, -0.25) is 0 Å². The second-order valence-corrected chi connectivity index (χ2v) is 2.60. The molecule has 1 atom stereocenters. The van der Waals surface area contributed by atoms with Gasteiger partial charge in [0, 0.05) is 6.61 Å². The van der Waals surface area contributed by atoms with Gasteiger partial charge in [0.1, 0.15) is 0 Å². The number of aliphatic hydroxyl groups excluding tert-OH is 1. The molecule has 1 unspecified atom stereocenters. The van der Waals surface area contributed by atoms with Crippen molar-refractivity contribution in [3.8, 4) is 0 Å². The van der Waals surface area contributed by atoms with Gasteiger partial charge in [-0.15, -0.1) is 12.4 Å². The van der Waals surface area contributed by atoms with E-state index < -0.39 is 0 Å². The summed E-state index contributed by atoms with van der Waals surface area (Å²) >= 11 is 0. The van der Waals surface area contributed by atoms with Gasteiger partial charge in [0.25, 0.3) is 0 Å². The normalized spacial score (nSPS) is 11.2. The molecule has 0 aromatic carbocycles. The van der Waals surface area contributed by atoms with Crippen LogP contribution in [0.25, 0.3) is 0 Å². The molecule has 11 heavy (non-hydrogen) atoms. The molecular formula is C8H21ClMgO. The Hall–Kier alpha value is 1.02. The van der Waals surface area contributed by atoms with E-state index in [0.717, 1.165) is 6.42 Å². The Morgan fingerprint density at radius 1 is 1.27 bits per heavy atom. The van der Waals surface area contributed by atoms with Crippen molar-refractivity contribution in [3.63, 3.8) is 0 Å². The first-order valence-electron chi connectivity index (χ1n) is 3.96. The van der Waals surface area contributed by atoms with Gasteiger partial charge in [0.05, 0.1) is 0 Å². The summed E-state index contributed by atoms with van der Waals surface area (Å²) in [4.78, 5) is 0. The summed E-state index contributed by atoms with van der Waals surface area (Å²) in [6.45, 7) is 4.69. The molecule has 0 aliphatic heterocycles. The van der Waals surface area contributed by atoms with Crippen molar-refractivity contribution in [1.29, 1.82) is 0 Å². The molecule has 68 valence electrons. The van der Waals surface area contributed by atoms with Crippen LogP contribution in [0.2, 0.25) is 0 Å². The fourth-order valence-electron chi connectivity index (χ4n) is 0.917. The zero-order valence-electron chi connectivity index (χ0n) is 6.97. The number of rotatable bonds is 5. The maximum atomic E-state index is 8.75. The van der Waals surface area contributed by atoms with Crippen molar-refractivity contribution in [2.24, 2.45) is 5.92 Å². The van der Waals surface area contributed by atoms with E-state index in [9.17, 15) is 0 Å². The first kappa shape index (κ1) is 17.9. The molecule has 0 aliphatic rings. The van der Waals surface area contributed by atoms with E-state index in [1.807, 2.05) is 0 Å². The minimum absolute atomic E-state index is 0. The molecule has 0 fully saturated rings. The number of unbranched alkanes of at least 4 members (excludes halogenated alkanes) is 1. The molecule has 3 heteroatoms. The van der Waals surface area contributed by atoms with Crippen LogP contribution in [0, 0.1) is 5.92 Å². The molecule has 0 saturated heterocycles. The van der Waals surface area contributed by atoms with Gasteiger partial charge in [-0.1, -0.05) is 33.1 Å². The summed E-state index contributed by atoms with van der Waals surface area (Å²) in [7, 11) is 0. The summed E-state index contributed by atoms with van der Waals surface area (Å²) in [5.41, 5.74) is 0. The fourth-order valence-corrected chi connectivity index (χ4v) is 0.917. The van der Waals surface area contributed by atoms with E-state index in [1.165, 1.54) is 19.3 Å². The van der Waals surface area contributed by atoms with Crippen LogP contribution in [0.5, 0.6) is 0 Å². The third-order valence-electron chi connectivity index (χ3n) is 1.80. The zero-order valence-corrected chi connectivity index (χ0v) is 7.78. The van der Waals surface area contributed by atoms with Gasteiger partial charge in [-0.2, -0.15) is 0 Å². The lowest BCUT2D eigenvalue weighted by molar-refractivity contribution is 0.212. The molecule has 0 aliphatic carbocycles. The first-order chi connectivity index (χ1) is 4.35. The van der Waals surface area contributed by atoms with Crippen LogP contribution in [0.1, 0.15) is 39.5 Å². The van der Waals surface area contributed by atoms with E-state index in [4.69, 9.17) is 5.11 Å². The Labute approximate surface area is 92.5 Å². The lowest BCUT2D eigenvalue weighted by Crippen LogP contribution is -2.03. The van der Waals surface area contributed by atoms with Gasteiger partial charge in [0.2, 0.25) is 0 Å². The van der Waals surface area contributed by atoms with Crippen molar-refractivity contribution in [3.05, 3.63) is 0 Å². The highest BCUT2D eigenvalue weighted by Gasteiger charge is 2.01.